The predicted octanol–water partition coefficient (Wildman–Crippen LogP) is 1.16. The lowest BCUT2D eigenvalue weighted by molar-refractivity contribution is -0.0102. The van der Waals surface area contributed by atoms with Gasteiger partial charge in [-0.25, -0.2) is 0 Å². The second-order valence-corrected chi connectivity index (χ2v) is 5.78. The molecule has 2 aliphatic rings. The maximum absolute atomic E-state index is 5.94. The van der Waals surface area contributed by atoms with Crippen LogP contribution in [0.4, 0.5) is 0 Å². The van der Waals surface area contributed by atoms with E-state index in [1.54, 1.807) is 0 Å². The predicted molar refractivity (Wildman–Crippen MR) is 59.1 cm³/mol. The number of rotatable bonds is 2. The minimum Gasteiger partial charge on any atom is -0.329 e. The molecule has 0 aromatic heterocycles. The summed E-state index contributed by atoms with van der Waals surface area (Å²) in [6.45, 7) is 5.75. The topological polar surface area (TPSA) is 29.3 Å². The molecular weight excluding hydrogens is 180 g/mol. The van der Waals surface area contributed by atoms with Crippen LogP contribution in [0.25, 0.3) is 0 Å². The number of nitrogens with two attached hydrogens (primary N) is 1. The lowest BCUT2D eigenvalue weighted by atomic mass is 9.84. The number of thioether (sulfide) groups is 1. The molecule has 0 spiro atoms. The van der Waals surface area contributed by atoms with Crippen LogP contribution in [-0.2, 0) is 0 Å². The van der Waals surface area contributed by atoms with E-state index in [9.17, 15) is 0 Å². The van der Waals surface area contributed by atoms with Crippen molar-refractivity contribution in [1.82, 2.24) is 4.90 Å². The van der Waals surface area contributed by atoms with Crippen molar-refractivity contribution in [2.75, 3.05) is 31.1 Å². The largest absolute Gasteiger partial charge is 0.329 e. The van der Waals surface area contributed by atoms with Crippen molar-refractivity contribution < 1.29 is 0 Å². The summed E-state index contributed by atoms with van der Waals surface area (Å²) in [4.78, 5) is 2.62. The Bertz CT molecular complexity index is 172. The van der Waals surface area contributed by atoms with Gasteiger partial charge in [0.1, 0.15) is 0 Å². The minimum absolute atomic E-state index is 0.387. The number of hydrogen-bond acceptors (Lipinski definition) is 3. The average molecular weight is 200 g/mol. The van der Waals surface area contributed by atoms with Crippen molar-refractivity contribution in [2.45, 2.75) is 25.3 Å². The summed E-state index contributed by atoms with van der Waals surface area (Å²) in [5, 5.41) is 0. The van der Waals surface area contributed by atoms with E-state index >= 15 is 0 Å². The molecule has 2 saturated heterocycles. The van der Waals surface area contributed by atoms with Gasteiger partial charge in [-0.15, -0.1) is 0 Å². The van der Waals surface area contributed by atoms with Gasteiger partial charge in [0.25, 0.3) is 0 Å². The lowest BCUT2D eigenvalue weighted by Gasteiger charge is -2.53. The fraction of sp³-hybridized carbons (Fsp3) is 1.00. The van der Waals surface area contributed by atoms with Gasteiger partial charge in [-0.3, -0.25) is 4.90 Å². The van der Waals surface area contributed by atoms with Crippen molar-refractivity contribution in [1.29, 1.82) is 0 Å². The zero-order valence-corrected chi connectivity index (χ0v) is 9.28. The van der Waals surface area contributed by atoms with E-state index in [1.165, 1.54) is 37.4 Å². The van der Waals surface area contributed by atoms with Gasteiger partial charge in [-0.1, -0.05) is 6.92 Å². The highest BCUT2D eigenvalue weighted by Crippen LogP contribution is 2.36. The van der Waals surface area contributed by atoms with Crippen molar-refractivity contribution in [3.8, 4) is 0 Å². The molecule has 13 heavy (non-hydrogen) atoms. The Kier molecular flexibility index (Phi) is 2.86. The molecule has 2 rings (SSSR count). The normalized spacial score (nSPS) is 30.0. The van der Waals surface area contributed by atoms with E-state index in [4.69, 9.17) is 5.73 Å². The Labute approximate surface area is 85.2 Å². The van der Waals surface area contributed by atoms with Crippen LogP contribution in [0.3, 0.4) is 0 Å². The molecule has 2 N–H and O–H groups in total. The molecule has 2 fully saturated rings. The molecule has 0 aromatic rings. The molecule has 2 heterocycles. The van der Waals surface area contributed by atoms with Crippen LogP contribution < -0.4 is 5.73 Å². The Hall–Kier alpha value is 0.270. The fourth-order valence-corrected chi connectivity index (χ4v) is 3.74. The first-order valence-corrected chi connectivity index (χ1v) is 6.45. The Morgan fingerprint density at radius 2 is 2.00 bits per heavy atom. The van der Waals surface area contributed by atoms with E-state index in [2.05, 4.69) is 23.6 Å². The van der Waals surface area contributed by atoms with E-state index < -0.39 is 0 Å². The third-order valence-electron chi connectivity index (χ3n) is 3.54. The zero-order valence-electron chi connectivity index (χ0n) is 8.46. The molecule has 0 aliphatic carbocycles. The maximum atomic E-state index is 5.94. The Morgan fingerprint density at radius 3 is 2.46 bits per heavy atom. The smallest absolute Gasteiger partial charge is 0.0347 e. The van der Waals surface area contributed by atoms with Crippen LogP contribution >= 0.6 is 11.8 Å². The van der Waals surface area contributed by atoms with Gasteiger partial charge in [0.2, 0.25) is 0 Å². The molecule has 0 aromatic carbocycles. The Morgan fingerprint density at radius 1 is 1.38 bits per heavy atom. The summed E-state index contributed by atoms with van der Waals surface area (Å²) in [7, 11) is 0. The molecule has 2 aliphatic heterocycles. The maximum Gasteiger partial charge on any atom is 0.0347 e. The van der Waals surface area contributed by atoms with Gasteiger partial charge in [0, 0.05) is 25.2 Å². The monoisotopic (exact) mass is 200 g/mol. The van der Waals surface area contributed by atoms with Gasteiger partial charge >= 0.3 is 0 Å². The quantitative estimate of drug-likeness (QED) is 0.725. The standard InChI is InChI=1S/C10H20N2S/c1-9-6-12(7-9)10(8-11)2-4-13-5-3-10/h9H,2-8,11H2,1H3. The summed E-state index contributed by atoms with van der Waals surface area (Å²) in [6, 6.07) is 0. The highest BCUT2D eigenvalue weighted by Gasteiger charge is 2.41. The second kappa shape index (κ2) is 3.79. The summed E-state index contributed by atoms with van der Waals surface area (Å²) >= 11 is 2.08. The first kappa shape index (κ1) is 9.81. The second-order valence-electron chi connectivity index (χ2n) is 4.55. The van der Waals surface area contributed by atoms with Crippen LogP contribution in [0, 0.1) is 5.92 Å². The molecule has 76 valence electrons. The van der Waals surface area contributed by atoms with Crippen molar-refractivity contribution >= 4 is 11.8 Å². The molecule has 0 amide bonds. The molecule has 0 radical (unpaired) electrons. The van der Waals surface area contributed by atoms with Crippen LogP contribution in [0.2, 0.25) is 0 Å². The van der Waals surface area contributed by atoms with Gasteiger partial charge < -0.3 is 5.73 Å². The summed E-state index contributed by atoms with van der Waals surface area (Å²) in [6.07, 6.45) is 2.61. The minimum atomic E-state index is 0.387. The summed E-state index contributed by atoms with van der Waals surface area (Å²) in [5.74, 6) is 3.52. The molecule has 0 atom stereocenters. The third-order valence-corrected chi connectivity index (χ3v) is 4.52. The van der Waals surface area contributed by atoms with Crippen LogP contribution in [0.1, 0.15) is 19.8 Å². The van der Waals surface area contributed by atoms with Crippen molar-refractivity contribution in [3.63, 3.8) is 0 Å². The van der Waals surface area contributed by atoms with Crippen LogP contribution in [-0.4, -0.2) is 41.6 Å². The van der Waals surface area contributed by atoms with Gasteiger partial charge in [0.15, 0.2) is 0 Å². The van der Waals surface area contributed by atoms with E-state index in [0.717, 1.165) is 12.5 Å². The summed E-state index contributed by atoms with van der Waals surface area (Å²) in [5.41, 5.74) is 6.33. The first-order chi connectivity index (χ1) is 6.27. The summed E-state index contributed by atoms with van der Waals surface area (Å²) < 4.78 is 0. The molecule has 0 unspecified atom stereocenters. The molecule has 2 nitrogen and oxygen atoms in total. The van der Waals surface area contributed by atoms with Crippen LogP contribution in [0.5, 0.6) is 0 Å². The SMILES string of the molecule is CC1CN(C2(CN)CCSCC2)C1. The first-order valence-electron chi connectivity index (χ1n) is 5.30. The van der Waals surface area contributed by atoms with Gasteiger partial charge in [-0.2, -0.15) is 11.8 Å². The zero-order chi connectivity index (χ0) is 9.31. The highest BCUT2D eigenvalue weighted by molar-refractivity contribution is 7.99. The number of likely N-dealkylation sites (tertiary alicyclic amines) is 1. The van der Waals surface area contributed by atoms with Crippen LogP contribution in [0.15, 0.2) is 0 Å². The van der Waals surface area contributed by atoms with Gasteiger partial charge in [0.05, 0.1) is 0 Å². The van der Waals surface area contributed by atoms with E-state index in [1.807, 2.05) is 0 Å². The average Bonchev–Trinajstić information content (AvgIpc) is 2.14. The van der Waals surface area contributed by atoms with Crippen molar-refractivity contribution in [2.24, 2.45) is 11.7 Å². The number of hydrogen-bond donors (Lipinski definition) is 1. The highest BCUT2D eigenvalue weighted by atomic mass is 32.2. The van der Waals surface area contributed by atoms with Crippen molar-refractivity contribution in [3.05, 3.63) is 0 Å². The molecule has 3 heteroatoms. The third kappa shape index (κ3) is 1.74. The van der Waals surface area contributed by atoms with Gasteiger partial charge in [-0.05, 0) is 30.3 Å². The van der Waals surface area contributed by atoms with E-state index in [0.29, 0.717) is 5.54 Å². The Balaban J connectivity index is 1.97. The number of nitrogens with zero attached hydrogens (tertiary/aromatic N) is 1. The van der Waals surface area contributed by atoms with E-state index in [-0.39, 0.29) is 0 Å². The lowest BCUT2D eigenvalue weighted by Crippen LogP contribution is -2.63. The molecular formula is C10H20N2S. The molecule has 0 saturated carbocycles. The molecule has 0 bridgehead atoms. The fourth-order valence-electron chi connectivity index (χ4n) is 2.49.